The Hall–Kier alpha value is -2.15. The van der Waals surface area contributed by atoms with E-state index in [2.05, 4.69) is 17.1 Å². The topological polar surface area (TPSA) is 78.7 Å². The largest absolute Gasteiger partial charge is 0.366 e. The maximum atomic E-state index is 12.4. The molecular weight excluding hydrogens is 332 g/mol. The van der Waals surface area contributed by atoms with Gasteiger partial charge < -0.3 is 10.2 Å². The number of nitro benzene ring substituents is 1. The quantitative estimate of drug-likeness (QED) is 0.623. The van der Waals surface area contributed by atoms with E-state index in [1.165, 1.54) is 25.3 Å². The van der Waals surface area contributed by atoms with Gasteiger partial charge in [0.05, 0.1) is 4.92 Å². The van der Waals surface area contributed by atoms with E-state index in [1.807, 2.05) is 4.90 Å². The number of hydrogen-bond donors (Lipinski definition) is 1. The Balaban J connectivity index is 1.61. The Morgan fingerprint density at radius 2 is 1.96 bits per heavy atom. The molecule has 0 saturated carbocycles. The first-order valence-electron chi connectivity index (χ1n) is 9.62. The number of hydrogen-bond acceptors (Lipinski definition) is 5. The van der Waals surface area contributed by atoms with Crippen molar-refractivity contribution in [2.75, 3.05) is 37.6 Å². The van der Waals surface area contributed by atoms with Gasteiger partial charge in [-0.05, 0) is 51.3 Å². The number of carbonyl (C=O) groups excluding carboxylic acids is 1. The SMILES string of the molecule is CC1CCCCN1CCNC(=O)c1ccc(N2CCCC2)c([N+](=O)[O-])c1. The van der Waals surface area contributed by atoms with Gasteiger partial charge in [-0.3, -0.25) is 19.8 Å². The minimum atomic E-state index is -0.389. The molecule has 0 aliphatic carbocycles. The lowest BCUT2D eigenvalue weighted by Crippen LogP contribution is -2.42. The molecule has 7 heteroatoms. The molecule has 2 fully saturated rings. The molecule has 0 radical (unpaired) electrons. The van der Waals surface area contributed by atoms with Crippen molar-refractivity contribution in [1.82, 2.24) is 10.2 Å². The van der Waals surface area contributed by atoms with Crippen LogP contribution in [0.1, 0.15) is 49.4 Å². The van der Waals surface area contributed by atoms with Gasteiger partial charge in [-0.1, -0.05) is 6.42 Å². The zero-order chi connectivity index (χ0) is 18.5. The van der Waals surface area contributed by atoms with E-state index in [9.17, 15) is 14.9 Å². The molecule has 2 heterocycles. The summed E-state index contributed by atoms with van der Waals surface area (Å²) < 4.78 is 0. The second-order valence-electron chi connectivity index (χ2n) is 7.29. The van der Waals surface area contributed by atoms with E-state index in [0.717, 1.165) is 39.0 Å². The first-order chi connectivity index (χ1) is 12.6. The molecule has 0 aromatic heterocycles. The number of nitrogens with one attached hydrogen (secondary N) is 1. The number of piperidine rings is 1. The van der Waals surface area contributed by atoms with Gasteiger partial charge >= 0.3 is 0 Å². The number of amides is 1. The molecule has 1 unspecified atom stereocenters. The highest BCUT2D eigenvalue weighted by Crippen LogP contribution is 2.31. The molecule has 1 atom stereocenters. The summed E-state index contributed by atoms with van der Waals surface area (Å²) >= 11 is 0. The van der Waals surface area contributed by atoms with Crippen LogP contribution in [-0.4, -0.2) is 54.5 Å². The van der Waals surface area contributed by atoms with Crippen LogP contribution in [-0.2, 0) is 0 Å². The molecule has 0 spiro atoms. The summed E-state index contributed by atoms with van der Waals surface area (Å²) in [4.78, 5) is 27.9. The lowest BCUT2D eigenvalue weighted by atomic mass is 10.0. The smallest absolute Gasteiger partial charge is 0.293 e. The fraction of sp³-hybridized carbons (Fsp3) is 0.632. The summed E-state index contributed by atoms with van der Waals surface area (Å²) in [5.74, 6) is -0.245. The number of nitro groups is 1. The third-order valence-electron chi connectivity index (χ3n) is 5.51. The minimum absolute atomic E-state index is 0.0178. The van der Waals surface area contributed by atoms with Gasteiger partial charge in [0.2, 0.25) is 0 Å². The normalized spacial score (nSPS) is 21.0. The number of carbonyl (C=O) groups is 1. The maximum absolute atomic E-state index is 12.4. The fourth-order valence-electron chi connectivity index (χ4n) is 3.94. The van der Waals surface area contributed by atoms with Crippen LogP contribution in [0.15, 0.2) is 18.2 Å². The molecule has 0 bridgehead atoms. The molecule has 1 aromatic carbocycles. The number of benzene rings is 1. The average molecular weight is 360 g/mol. The lowest BCUT2D eigenvalue weighted by molar-refractivity contribution is -0.384. The predicted molar refractivity (Wildman–Crippen MR) is 102 cm³/mol. The molecule has 2 saturated heterocycles. The summed E-state index contributed by atoms with van der Waals surface area (Å²) in [5.41, 5.74) is 0.988. The van der Waals surface area contributed by atoms with E-state index in [4.69, 9.17) is 0 Å². The van der Waals surface area contributed by atoms with Crippen LogP contribution in [0, 0.1) is 10.1 Å². The van der Waals surface area contributed by atoms with Crippen molar-refractivity contribution in [3.05, 3.63) is 33.9 Å². The molecular formula is C19H28N4O3. The Morgan fingerprint density at radius 1 is 1.23 bits per heavy atom. The Bertz CT molecular complexity index is 658. The molecule has 1 amide bonds. The number of rotatable bonds is 6. The molecule has 142 valence electrons. The number of likely N-dealkylation sites (tertiary alicyclic amines) is 1. The highest BCUT2D eigenvalue weighted by molar-refractivity contribution is 5.95. The van der Waals surface area contributed by atoms with Gasteiger partial charge in [0, 0.05) is 43.9 Å². The maximum Gasteiger partial charge on any atom is 0.293 e. The van der Waals surface area contributed by atoms with Crippen LogP contribution >= 0.6 is 0 Å². The number of anilines is 1. The number of nitrogens with zero attached hydrogens (tertiary/aromatic N) is 3. The van der Waals surface area contributed by atoms with Crippen LogP contribution in [0.25, 0.3) is 0 Å². The van der Waals surface area contributed by atoms with Gasteiger partial charge in [-0.2, -0.15) is 0 Å². The van der Waals surface area contributed by atoms with Crippen molar-refractivity contribution < 1.29 is 9.72 Å². The van der Waals surface area contributed by atoms with Crippen LogP contribution in [0.2, 0.25) is 0 Å². The zero-order valence-electron chi connectivity index (χ0n) is 15.4. The van der Waals surface area contributed by atoms with E-state index in [1.54, 1.807) is 12.1 Å². The van der Waals surface area contributed by atoms with Gasteiger partial charge in [-0.25, -0.2) is 0 Å². The predicted octanol–water partition coefficient (Wildman–Crippen LogP) is 2.80. The molecule has 7 nitrogen and oxygen atoms in total. The summed E-state index contributed by atoms with van der Waals surface area (Å²) in [6.07, 6.45) is 5.79. The Morgan fingerprint density at radius 3 is 2.65 bits per heavy atom. The first-order valence-corrected chi connectivity index (χ1v) is 9.62. The van der Waals surface area contributed by atoms with E-state index < -0.39 is 0 Å². The lowest BCUT2D eigenvalue weighted by Gasteiger charge is -2.33. The molecule has 2 aliphatic heterocycles. The van der Waals surface area contributed by atoms with Crippen molar-refractivity contribution in [3.63, 3.8) is 0 Å². The highest BCUT2D eigenvalue weighted by atomic mass is 16.6. The van der Waals surface area contributed by atoms with Gasteiger partial charge in [0.15, 0.2) is 0 Å². The van der Waals surface area contributed by atoms with E-state index >= 15 is 0 Å². The van der Waals surface area contributed by atoms with Crippen molar-refractivity contribution in [2.24, 2.45) is 0 Å². The van der Waals surface area contributed by atoms with E-state index in [-0.39, 0.29) is 16.5 Å². The second-order valence-corrected chi connectivity index (χ2v) is 7.29. The summed E-state index contributed by atoms with van der Waals surface area (Å²) in [6, 6.07) is 5.37. The molecule has 1 N–H and O–H groups in total. The van der Waals surface area contributed by atoms with Gasteiger partial charge in [0.25, 0.3) is 11.6 Å². The Kier molecular flexibility index (Phi) is 6.08. The summed E-state index contributed by atoms with van der Waals surface area (Å²) in [6.45, 7) is 6.35. The van der Waals surface area contributed by atoms with Crippen molar-refractivity contribution in [3.8, 4) is 0 Å². The van der Waals surface area contributed by atoms with Crippen LogP contribution in [0.4, 0.5) is 11.4 Å². The van der Waals surface area contributed by atoms with Crippen molar-refractivity contribution in [2.45, 2.75) is 45.1 Å². The fourth-order valence-corrected chi connectivity index (χ4v) is 3.94. The summed E-state index contributed by atoms with van der Waals surface area (Å²) in [5, 5.41) is 14.4. The zero-order valence-corrected chi connectivity index (χ0v) is 15.4. The summed E-state index contributed by atoms with van der Waals surface area (Å²) in [7, 11) is 0. The van der Waals surface area contributed by atoms with Crippen LogP contribution in [0.5, 0.6) is 0 Å². The minimum Gasteiger partial charge on any atom is -0.366 e. The van der Waals surface area contributed by atoms with E-state index in [0.29, 0.717) is 23.8 Å². The van der Waals surface area contributed by atoms with Crippen molar-refractivity contribution >= 4 is 17.3 Å². The van der Waals surface area contributed by atoms with Crippen LogP contribution < -0.4 is 10.2 Å². The molecule has 2 aliphatic rings. The molecule has 3 rings (SSSR count). The standard InChI is InChI=1S/C19H28N4O3/c1-15-6-2-3-10-21(15)13-9-20-19(24)16-7-8-17(18(14-16)23(25)26)22-11-4-5-12-22/h7-8,14-15H,2-6,9-13H2,1H3,(H,20,24). The average Bonchev–Trinajstić information content (AvgIpc) is 3.17. The van der Waals surface area contributed by atoms with Crippen molar-refractivity contribution in [1.29, 1.82) is 0 Å². The molecule has 1 aromatic rings. The first kappa shape index (κ1) is 18.6. The third-order valence-corrected chi connectivity index (χ3v) is 5.51. The van der Waals surface area contributed by atoms with Crippen LogP contribution in [0.3, 0.4) is 0 Å². The monoisotopic (exact) mass is 360 g/mol. The Labute approximate surface area is 154 Å². The molecule has 26 heavy (non-hydrogen) atoms. The third kappa shape index (κ3) is 4.33. The second kappa shape index (κ2) is 8.49. The van der Waals surface area contributed by atoms with Gasteiger partial charge in [-0.15, -0.1) is 0 Å². The highest BCUT2D eigenvalue weighted by Gasteiger charge is 2.24. The van der Waals surface area contributed by atoms with Gasteiger partial charge in [0.1, 0.15) is 5.69 Å².